The minimum Gasteiger partial charge on any atom is -0.493 e. The van der Waals surface area contributed by atoms with Gasteiger partial charge in [0.05, 0.1) is 16.9 Å². The van der Waals surface area contributed by atoms with Crippen LogP contribution in [0, 0.1) is 0 Å². The molecule has 3 aromatic rings. The molecule has 0 radical (unpaired) electrons. The maximum absolute atomic E-state index is 13.1. The van der Waals surface area contributed by atoms with Crippen LogP contribution >= 0.6 is 23.4 Å². The summed E-state index contributed by atoms with van der Waals surface area (Å²) in [5.74, 6) is 0.615. The molecule has 0 atom stereocenters. The second-order valence-corrected chi connectivity index (χ2v) is 10.8. The molecule has 3 aromatic carbocycles. The SMILES string of the molecule is C=CCN1C(=O)/C(=C/c2ccc(OCc3ccccc3Cl)c(OC)c2)S/C1=N/S(=O)(=O)c1ccccc1. The van der Waals surface area contributed by atoms with E-state index in [4.69, 9.17) is 21.1 Å². The second-order valence-electron chi connectivity index (χ2n) is 7.77. The predicted molar refractivity (Wildman–Crippen MR) is 147 cm³/mol. The Kier molecular flexibility index (Phi) is 8.38. The maximum Gasteiger partial charge on any atom is 0.284 e. The molecule has 0 aromatic heterocycles. The number of carbonyl (C=O) groups is 1. The van der Waals surface area contributed by atoms with Crippen molar-refractivity contribution in [3.8, 4) is 11.5 Å². The normalized spacial score (nSPS) is 15.8. The lowest BCUT2D eigenvalue weighted by atomic mass is 10.1. The summed E-state index contributed by atoms with van der Waals surface area (Å²) in [6, 6.07) is 20.5. The molecular formula is C27H23ClN2O5S2. The van der Waals surface area contributed by atoms with Gasteiger partial charge in [0.2, 0.25) is 0 Å². The first kappa shape index (κ1) is 26.5. The lowest BCUT2D eigenvalue weighted by Crippen LogP contribution is -2.29. The Hall–Kier alpha value is -3.53. The lowest BCUT2D eigenvalue weighted by molar-refractivity contribution is -0.121. The summed E-state index contributed by atoms with van der Waals surface area (Å²) in [7, 11) is -2.47. The van der Waals surface area contributed by atoms with Crippen LogP contribution in [0.4, 0.5) is 0 Å². The van der Waals surface area contributed by atoms with Crippen molar-refractivity contribution in [1.29, 1.82) is 0 Å². The zero-order valence-electron chi connectivity index (χ0n) is 19.8. The minimum atomic E-state index is -4.00. The van der Waals surface area contributed by atoms with Crippen molar-refractivity contribution >= 4 is 50.5 Å². The van der Waals surface area contributed by atoms with Crippen molar-refractivity contribution in [2.45, 2.75) is 11.5 Å². The molecular weight excluding hydrogens is 532 g/mol. The van der Waals surface area contributed by atoms with Crippen molar-refractivity contribution < 1.29 is 22.7 Å². The van der Waals surface area contributed by atoms with Crippen LogP contribution in [0.1, 0.15) is 11.1 Å². The van der Waals surface area contributed by atoms with E-state index in [9.17, 15) is 13.2 Å². The largest absolute Gasteiger partial charge is 0.493 e. The number of rotatable bonds is 9. The summed E-state index contributed by atoms with van der Waals surface area (Å²) in [5.41, 5.74) is 1.51. The van der Waals surface area contributed by atoms with E-state index in [1.165, 1.54) is 30.2 Å². The van der Waals surface area contributed by atoms with Crippen LogP contribution in [0.2, 0.25) is 5.02 Å². The van der Waals surface area contributed by atoms with Crippen LogP contribution in [0.25, 0.3) is 6.08 Å². The predicted octanol–water partition coefficient (Wildman–Crippen LogP) is 5.77. The van der Waals surface area contributed by atoms with Gasteiger partial charge in [0, 0.05) is 17.1 Å². The van der Waals surface area contributed by atoms with Crippen LogP contribution in [0.3, 0.4) is 0 Å². The van der Waals surface area contributed by atoms with Gasteiger partial charge >= 0.3 is 0 Å². The molecule has 1 aliphatic rings. The Morgan fingerprint density at radius 1 is 1.05 bits per heavy atom. The molecule has 10 heteroatoms. The quantitative estimate of drug-likeness (QED) is 0.246. The van der Waals surface area contributed by atoms with Gasteiger partial charge in [-0.1, -0.05) is 60.1 Å². The van der Waals surface area contributed by atoms with Crippen LogP contribution in [0.5, 0.6) is 11.5 Å². The van der Waals surface area contributed by atoms with Crippen molar-refractivity contribution in [3.05, 3.63) is 107 Å². The standard InChI is InChI=1S/C27H23ClN2O5S2/c1-3-15-30-26(31)25(36-27(30)29-37(32,33)21-10-5-4-6-11-21)17-19-13-14-23(24(16-19)34-2)35-18-20-9-7-8-12-22(20)28/h3-14,16-17H,1,15,18H2,2H3/b25-17-,29-27+. The van der Waals surface area contributed by atoms with E-state index in [0.717, 1.165) is 17.3 Å². The monoisotopic (exact) mass is 554 g/mol. The average Bonchev–Trinajstić information content (AvgIpc) is 3.17. The zero-order chi connectivity index (χ0) is 26.4. The molecule has 7 nitrogen and oxygen atoms in total. The zero-order valence-corrected chi connectivity index (χ0v) is 22.2. The number of benzene rings is 3. The lowest BCUT2D eigenvalue weighted by Gasteiger charge is -2.13. The van der Waals surface area contributed by atoms with Crippen molar-refractivity contribution in [2.24, 2.45) is 4.40 Å². The molecule has 1 aliphatic heterocycles. The van der Waals surface area contributed by atoms with E-state index < -0.39 is 10.0 Å². The van der Waals surface area contributed by atoms with Gasteiger partial charge in [-0.2, -0.15) is 8.42 Å². The third kappa shape index (κ3) is 6.25. The Balaban J connectivity index is 1.59. The van der Waals surface area contributed by atoms with E-state index in [0.29, 0.717) is 27.0 Å². The maximum atomic E-state index is 13.1. The van der Waals surface area contributed by atoms with Crippen molar-refractivity contribution in [1.82, 2.24) is 4.90 Å². The Morgan fingerprint density at radius 3 is 2.49 bits per heavy atom. The number of methoxy groups -OCH3 is 1. The highest BCUT2D eigenvalue weighted by atomic mass is 35.5. The number of amidine groups is 1. The highest BCUT2D eigenvalue weighted by molar-refractivity contribution is 8.19. The molecule has 0 aliphatic carbocycles. The van der Waals surface area contributed by atoms with Gasteiger partial charge in [0.25, 0.3) is 15.9 Å². The molecule has 190 valence electrons. The third-order valence-electron chi connectivity index (χ3n) is 5.27. The van der Waals surface area contributed by atoms with Gasteiger partial charge in [0.15, 0.2) is 16.7 Å². The number of nitrogens with zero attached hydrogens (tertiary/aromatic N) is 2. The molecule has 0 unspecified atom stereocenters. The van der Waals surface area contributed by atoms with Crippen LogP contribution < -0.4 is 9.47 Å². The fraction of sp³-hybridized carbons (Fsp3) is 0.111. The summed E-state index contributed by atoms with van der Waals surface area (Å²) >= 11 is 7.19. The fourth-order valence-electron chi connectivity index (χ4n) is 3.43. The Bertz CT molecular complexity index is 1490. The molecule has 0 saturated carbocycles. The minimum absolute atomic E-state index is 0.0450. The number of amides is 1. The highest BCUT2D eigenvalue weighted by Gasteiger charge is 2.34. The number of sulfonamides is 1. The summed E-state index contributed by atoms with van der Waals surface area (Å²) in [4.78, 5) is 14.7. The average molecular weight is 555 g/mol. The fourth-order valence-corrected chi connectivity index (χ4v) is 5.83. The van der Waals surface area contributed by atoms with Crippen LogP contribution in [-0.4, -0.2) is 38.0 Å². The molecule has 0 bridgehead atoms. The number of carbonyl (C=O) groups excluding carboxylic acids is 1. The summed E-state index contributed by atoms with van der Waals surface area (Å²) in [6.07, 6.45) is 3.17. The molecule has 0 N–H and O–H groups in total. The Morgan fingerprint density at radius 2 is 1.78 bits per heavy atom. The van der Waals surface area contributed by atoms with Gasteiger partial charge in [-0.3, -0.25) is 9.69 Å². The van der Waals surface area contributed by atoms with Gasteiger partial charge < -0.3 is 9.47 Å². The first-order valence-corrected chi connectivity index (χ1v) is 13.7. The van der Waals surface area contributed by atoms with Gasteiger partial charge in [-0.25, -0.2) is 0 Å². The second kappa shape index (κ2) is 11.7. The first-order valence-electron chi connectivity index (χ1n) is 11.1. The van der Waals surface area contributed by atoms with E-state index in [1.54, 1.807) is 48.5 Å². The van der Waals surface area contributed by atoms with E-state index >= 15 is 0 Å². The van der Waals surface area contributed by atoms with Crippen LogP contribution in [-0.2, 0) is 21.4 Å². The van der Waals surface area contributed by atoms with Gasteiger partial charge in [-0.05, 0) is 53.7 Å². The molecule has 4 rings (SSSR count). The smallest absolute Gasteiger partial charge is 0.284 e. The summed E-state index contributed by atoms with van der Waals surface area (Å²) in [5, 5.41) is 0.669. The molecule has 1 saturated heterocycles. The topological polar surface area (TPSA) is 85.3 Å². The van der Waals surface area contributed by atoms with Crippen molar-refractivity contribution in [3.63, 3.8) is 0 Å². The summed E-state index contributed by atoms with van der Waals surface area (Å²) in [6.45, 7) is 4.04. The third-order valence-corrected chi connectivity index (χ3v) is 8.04. The van der Waals surface area contributed by atoms with E-state index in [1.807, 2.05) is 18.2 Å². The van der Waals surface area contributed by atoms with Crippen molar-refractivity contribution in [2.75, 3.05) is 13.7 Å². The number of ether oxygens (including phenoxy) is 2. The molecule has 37 heavy (non-hydrogen) atoms. The molecule has 1 fully saturated rings. The van der Waals surface area contributed by atoms with Crippen LogP contribution in [0.15, 0.2) is 99.6 Å². The highest BCUT2D eigenvalue weighted by Crippen LogP contribution is 2.36. The van der Waals surface area contributed by atoms with Gasteiger partial charge in [-0.15, -0.1) is 11.0 Å². The number of halogens is 1. The summed E-state index contributed by atoms with van der Waals surface area (Å²) < 4.78 is 40.9. The molecule has 1 amide bonds. The molecule has 0 spiro atoms. The number of hydrogen-bond donors (Lipinski definition) is 0. The molecule has 1 heterocycles. The number of hydrogen-bond acceptors (Lipinski definition) is 6. The first-order chi connectivity index (χ1) is 17.8. The van der Waals surface area contributed by atoms with E-state index in [-0.39, 0.29) is 29.1 Å². The number of thioether (sulfide) groups is 1. The Labute approximate surface area is 225 Å². The van der Waals surface area contributed by atoms with E-state index in [2.05, 4.69) is 11.0 Å². The van der Waals surface area contributed by atoms with Gasteiger partial charge in [0.1, 0.15) is 6.61 Å².